The topological polar surface area (TPSA) is 69.7 Å². The third-order valence-electron chi connectivity index (χ3n) is 0.662. The van der Waals surface area contributed by atoms with E-state index in [1.807, 2.05) is 0 Å². The zero-order valence-corrected chi connectivity index (χ0v) is 6.95. The van der Waals surface area contributed by atoms with Gasteiger partial charge in [-0.15, -0.1) is 0 Å². The van der Waals surface area contributed by atoms with Crippen molar-refractivity contribution in [3.05, 3.63) is 25.3 Å². The quantitative estimate of drug-likeness (QED) is 0.489. The van der Waals surface area contributed by atoms with Crippen LogP contribution >= 0.6 is 8.25 Å². The van der Waals surface area contributed by atoms with Gasteiger partial charge in [-0.3, -0.25) is 0 Å². The van der Waals surface area contributed by atoms with Crippen molar-refractivity contribution in [3.63, 3.8) is 0 Å². The molecule has 0 rings (SSSR count). The average Bonchev–Trinajstić information content (AvgIpc) is 2.03. The largest absolute Gasteiger partial charge is 0.812 e. The van der Waals surface area contributed by atoms with E-state index in [2.05, 4.69) is 22.2 Å². The highest BCUT2D eigenvalue weighted by Gasteiger charge is 2.28. The van der Waals surface area contributed by atoms with Gasteiger partial charge in [-0.2, -0.15) is 9.05 Å². The van der Waals surface area contributed by atoms with Gasteiger partial charge in [-0.25, -0.2) is 9.59 Å². The van der Waals surface area contributed by atoms with Crippen LogP contribution in [0.3, 0.4) is 0 Å². The van der Waals surface area contributed by atoms with Crippen LogP contribution in [0.15, 0.2) is 25.3 Å². The first kappa shape index (κ1) is 10.5. The fourth-order valence-corrected chi connectivity index (χ4v) is 0.720. The van der Waals surface area contributed by atoms with E-state index in [4.69, 9.17) is 0 Å². The molecule has 0 aromatic heterocycles. The molecule has 5 nitrogen and oxygen atoms in total. The third-order valence-corrected chi connectivity index (χ3v) is 1.32. The van der Waals surface area contributed by atoms with Crippen molar-refractivity contribution in [2.45, 2.75) is 0 Å². The summed E-state index contributed by atoms with van der Waals surface area (Å²) in [6, 6.07) is 0. The lowest BCUT2D eigenvalue weighted by Gasteiger charge is -1.82. The van der Waals surface area contributed by atoms with Crippen LogP contribution in [-0.4, -0.2) is 11.9 Å². The van der Waals surface area contributed by atoms with E-state index in [-0.39, 0.29) is 0 Å². The Morgan fingerprint density at radius 3 is 1.67 bits per heavy atom. The van der Waals surface area contributed by atoms with Crippen LogP contribution in [0.2, 0.25) is 0 Å². The summed E-state index contributed by atoms with van der Waals surface area (Å²) in [5.74, 6) is -1.85. The van der Waals surface area contributed by atoms with E-state index in [0.29, 0.717) is 0 Å². The molecule has 0 spiro atoms. The van der Waals surface area contributed by atoms with Crippen LogP contribution in [0.5, 0.6) is 0 Å². The Bertz CT molecular complexity index is 220. The molecule has 0 unspecified atom stereocenters. The summed E-state index contributed by atoms with van der Waals surface area (Å²) < 4.78 is 18.6. The summed E-state index contributed by atoms with van der Waals surface area (Å²) in [4.78, 5) is 20.7. The molecule has 0 aliphatic rings. The summed E-state index contributed by atoms with van der Waals surface area (Å²) >= 11 is 0. The first-order valence-corrected chi connectivity index (χ1v) is 3.85. The van der Waals surface area contributed by atoms with Crippen molar-refractivity contribution in [2.75, 3.05) is 0 Å². The van der Waals surface area contributed by atoms with Crippen molar-refractivity contribution < 1.29 is 23.2 Å². The van der Waals surface area contributed by atoms with E-state index in [0.717, 1.165) is 12.2 Å². The Morgan fingerprint density at radius 2 is 1.42 bits per heavy atom. The SMILES string of the molecule is C=CC(=O)O[P+](=O)OC(=O)C=C. The Hall–Kier alpha value is -1.48. The molecule has 0 amide bonds. The van der Waals surface area contributed by atoms with Gasteiger partial charge in [-0.05, 0) is 0 Å². The smallest absolute Gasteiger partial charge is 0.241 e. The van der Waals surface area contributed by atoms with E-state index in [9.17, 15) is 14.2 Å². The van der Waals surface area contributed by atoms with Gasteiger partial charge in [-0.1, -0.05) is 13.2 Å². The summed E-state index contributed by atoms with van der Waals surface area (Å²) in [5, 5.41) is 0. The Labute approximate surface area is 69.6 Å². The first-order valence-electron chi connectivity index (χ1n) is 2.76. The minimum atomic E-state index is -2.76. The molecule has 12 heavy (non-hydrogen) atoms. The maximum atomic E-state index is 10.5. The van der Waals surface area contributed by atoms with Crippen molar-refractivity contribution in [1.29, 1.82) is 0 Å². The van der Waals surface area contributed by atoms with Crippen molar-refractivity contribution >= 4 is 20.2 Å². The minimum Gasteiger partial charge on any atom is -0.241 e. The molecule has 0 saturated heterocycles. The maximum absolute atomic E-state index is 10.5. The molecule has 6 heteroatoms. The molecule has 0 aromatic carbocycles. The molecular weight excluding hydrogens is 183 g/mol. The van der Waals surface area contributed by atoms with Crippen molar-refractivity contribution in [1.82, 2.24) is 0 Å². The van der Waals surface area contributed by atoms with Crippen molar-refractivity contribution in [3.8, 4) is 0 Å². The molecule has 0 fully saturated rings. The fourth-order valence-electron chi connectivity index (χ4n) is 0.240. The Balaban J connectivity index is 3.89. The highest BCUT2D eigenvalue weighted by Crippen LogP contribution is 2.23. The molecule has 0 aliphatic heterocycles. The number of carbonyl (C=O) groups excluding carboxylic acids is 2. The van der Waals surface area contributed by atoms with Crippen LogP contribution in [0.4, 0.5) is 0 Å². The van der Waals surface area contributed by atoms with Gasteiger partial charge in [0, 0.05) is 16.7 Å². The average molecular weight is 189 g/mol. The summed E-state index contributed by atoms with van der Waals surface area (Å²) in [6.45, 7) is 6.10. The van der Waals surface area contributed by atoms with Crippen LogP contribution in [0, 0.1) is 0 Å². The van der Waals surface area contributed by atoms with E-state index in [1.54, 1.807) is 0 Å². The molecule has 0 aromatic rings. The Morgan fingerprint density at radius 1 is 1.08 bits per heavy atom. The lowest BCUT2D eigenvalue weighted by molar-refractivity contribution is -0.132. The second-order valence-corrected chi connectivity index (χ2v) is 2.26. The van der Waals surface area contributed by atoms with Gasteiger partial charge in [0.2, 0.25) is 0 Å². The molecule has 0 heterocycles. The van der Waals surface area contributed by atoms with Gasteiger partial charge in [0.25, 0.3) is 0 Å². The molecule has 0 N–H and O–H groups in total. The highest BCUT2D eigenvalue weighted by atomic mass is 31.1. The normalized spacial score (nSPS) is 8.00. The van der Waals surface area contributed by atoms with Gasteiger partial charge in [0.05, 0.1) is 0 Å². The molecule has 0 radical (unpaired) electrons. The lowest BCUT2D eigenvalue weighted by atomic mass is 10.7. The summed E-state index contributed by atoms with van der Waals surface area (Å²) in [6.07, 6.45) is 1.60. The highest BCUT2D eigenvalue weighted by molar-refractivity contribution is 7.34. The zero-order valence-electron chi connectivity index (χ0n) is 6.06. The second-order valence-electron chi connectivity index (χ2n) is 1.45. The molecule has 0 atom stereocenters. The Kier molecular flexibility index (Phi) is 4.57. The lowest BCUT2D eigenvalue weighted by Crippen LogP contribution is -1.97. The van der Waals surface area contributed by atoms with Gasteiger partial charge in [0.1, 0.15) is 0 Å². The summed E-state index contributed by atoms with van der Waals surface area (Å²) in [5.41, 5.74) is 0. The van der Waals surface area contributed by atoms with E-state index >= 15 is 0 Å². The first-order chi connectivity index (χ1) is 5.60. The predicted molar refractivity (Wildman–Crippen MR) is 40.2 cm³/mol. The number of hydrogen-bond donors (Lipinski definition) is 0. The van der Waals surface area contributed by atoms with Gasteiger partial charge < -0.3 is 0 Å². The van der Waals surface area contributed by atoms with Crippen LogP contribution in [0.25, 0.3) is 0 Å². The molecule has 0 saturated carbocycles. The van der Waals surface area contributed by atoms with E-state index in [1.165, 1.54) is 0 Å². The monoisotopic (exact) mass is 189 g/mol. The van der Waals surface area contributed by atoms with E-state index < -0.39 is 20.2 Å². The van der Waals surface area contributed by atoms with Crippen LogP contribution in [0.1, 0.15) is 0 Å². The third kappa shape index (κ3) is 4.35. The molecule has 64 valence electrons. The second kappa shape index (κ2) is 5.21. The molecule has 0 aliphatic carbocycles. The van der Waals surface area contributed by atoms with Crippen LogP contribution < -0.4 is 0 Å². The maximum Gasteiger partial charge on any atom is 0.812 e. The zero-order chi connectivity index (χ0) is 9.56. The van der Waals surface area contributed by atoms with Gasteiger partial charge >= 0.3 is 20.2 Å². The number of hydrogen-bond acceptors (Lipinski definition) is 5. The summed E-state index contributed by atoms with van der Waals surface area (Å²) in [7, 11) is -2.76. The minimum absolute atomic E-state index is 0.801. The van der Waals surface area contributed by atoms with Gasteiger partial charge in [0.15, 0.2) is 0 Å². The van der Waals surface area contributed by atoms with Crippen molar-refractivity contribution in [2.24, 2.45) is 0 Å². The fraction of sp³-hybridized carbons (Fsp3) is 0. The number of rotatable bonds is 4. The van der Waals surface area contributed by atoms with Crippen LogP contribution in [-0.2, 0) is 23.2 Å². The molecule has 0 bridgehead atoms. The number of carbonyl (C=O) groups is 2. The molecular formula is C6H6O5P+. The standard InChI is InChI=1S/C6H6O5P/c1-3-5(7)10-12(9)11-6(8)4-2/h3-4H,1-2H2/q+1. The predicted octanol–water partition coefficient (Wildman–Crippen LogP) is 1.10.